The van der Waals surface area contributed by atoms with Crippen molar-refractivity contribution >= 4 is 27.2 Å². The molecule has 5 heteroatoms. The molecule has 3 aromatic rings. The van der Waals surface area contributed by atoms with Crippen molar-refractivity contribution in [2.24, 2.45) is 0 Å². The number of aromatic nitrogens is 2. The molecule has 0 saturated heterocycles. The number of oxazole rings is 1. The Morgan fingerprint density at radius 2 is 2.00 bits per heavy atom. The van der Waals surface area contributed by atoms with Crippen LogP contribution >= 0.6 is 15.9 Å². The summed E-state index contributed by atoms with van der Waals surface area (Å²) in [5, 5.41) is 0. The van der Waals surface area contributed by atoms with Gasteiger partial charge >= 0.3 is 0 Å². The maximum Gasteiger partial charge on any atom is 0.235 e. The molecule has 2 aromatic heterocycles. The molecule has 2 heterocycles. The van der Waals surface area contributed by atoms with Gasteiger partial charge in [-0.05, 0) is 46.6 Å². The van der Waals surface area contributed by atoms with Crippen molar-refractivity contribution in [3.8, 4) is 5.75 Å². The van der Waals surface area contributed by atoms with Crippen molar-refractivity contribution in [1.29, 1.82) is 0 Å². The maximum atomic E-state index is 5.69. The summed E-state index contributed by atoms with van der Waals surface area (Å²) in [7, 11) is 0. The van der Waals surface area contributed by atoms with Crippen LogP contribution < -0.4 is 4.74 Å². The third-order valence-corrected chi connectivity index (χ3v) is 3.15. The summed E-state index contributed by atoms with van der Waals surface area (Å²) >= 11 is 3.30. The molecular formula is C14H11BrN2O2. The zero-order valence-electron chi connectivity index (χ0n) is 10.3. The summed E-state index contributed by atoms with van der Waals surface area (Å²) in [4.78, 5) is 8.51. The molecule has 0 unspecified atom stereocenters. The van der Waals surface area contributed by atoms with Crippen LogP contribution in [0.1, 0.15) is 11.5 Å². The van der Waals surface area contributed by atoms with Crippen molar-refractivity contribution in [3.05, 3.63) is 52.5 Å². The number of rotatable bonds is 3. The van der Waals surface area contributed by atoms with Crippen LogP contribution in [0.15, 0.2) is 45.4 Å². The van der Waals surface area contributed by atoms with Gasteiger partial charge in [0.2, 0.25) is 5.89 Å². The molecule has 1 aromatic carbocycles. The molecule has 19 heavy (non-hydrogen) atoms. The number of hydrogen-bond acceptors (Lipinski definition) is 4. The van der Waals surface area contributed by atoms with Crippen LogP contribution in [0.3, 0.4) is 0 Å². The lowest BCUT2D eigenvalue weighted by atomic mass is 10.2. The molecule has 0 fully saturated rings. The molecule has 0 aliphatic heterocycles. The predicted octanol–water partition coefficient (Wildman–Crippen LogP) is 3.87. The van der Waals surface area contributed by atoms with Gasteiger partial charge in [0.25, 0.3) is 0 Å². The number of halogens is 1. The Morgan fingerprint density at radius 3 is 2.84 bits per heavy atom. The Bertz CT molecular complexity index is 724. The molecule has 0 aliphatic carbocycles. The molecule has 0 N–H and O–H groups in total. The lowest BCUT2D eigenvalue weighted by Gasteiger charge is -2.05. The largest absolute Gasteiger partial charge is 0.484 e. The third kappa shape index (κ3) is 2.61. The Balaban J connectivity index is 1.80. The van der Waals surface area contributed by atoms with Crippen molar-refractivity contribution in [2.75, 3.05) is 0 Å². The van der Waals surface area contributed by atoms with Gasteiger partial charge in [-0.3, -0.25) is 0 Å². The zero-order chi connectivity index (χ0) is 13.2. The van der Waals surface area contributed by atoms with E-state index in [1.807, 2.05) is 43.3 Å². The first-order chi connectivity index (χ1) is 9.22. The molecular weight excluding hydrogens is 308 g/mol. The van der Waals surface area contributed by atoms with E-state index in [1.165, 1.54) is 0 Å². The topological polar surface area (TPSA) is 48.2 Å². The number of benzene rings is 1. The van der Waals surface area contributed by atoms with E-state index < -0.39 is 0 Å². The van der Waals surface area contributed by atoms with E-state index in [0.29, 0.717) is 23.7 Å². The van der Waals surface area contributed by atoms with Gasteiger partial charge in [-0.1, -0.05) is 18.2 Å². The first-order valence-electron chi connectivity index (χ1n) is 5.83. The highest BCUT2D eigenvalue weighted by molar-refractivity contribution is 9.10. The lowest BCUT2D eigenvalue weighted by molar-refractivity contribution is 0.265. The standard InChI is InChI=1S/C14H11BrN2O2/c1-9-4-2-3-5-10(9)18-8-13-17-14-11(19-13)6-7-12(15)16-14/h2-7H,8H2,1H3. The Hall–Kier alpha value is -1.88. The van der Waals surface area contributed by atoms with Gasteiger partial charge in [0, 0.05) is 0 Å². The van der Waals surface area contributed by atoms with E-state index in [9.17, 15) is 0 Å². The minimum Gasteiger partial charge on any atom is -0.484 e. The molecule has 0 radical (unpaired) electrons. The Labute approximate surface area is 118 Å². The first-order valence-corrected chi connectivity index (χ1v) is 6.62. The van der Waals surface area contributed by atoms with Gasteiger partial charge in [0.15, 0.2) is 17.8 Å². The summed E-state index contributed by atoms with van der Waals surface area (Å²) in [6, 6.07) is 11.5. The fourth-order valence-corrected chi connectivity index (χ4v) is 2.06. The molecule has 0 spiro atoms. The SMILES string of the molecule is Cc1ccccc1OCc1nc2nc(Br)ccc2o1. The van der Waals surface area contributed by atoms with Gasteiger partial charge < -0.3 is 9.15 Å². The van der Waals surface area contributed by atoms with Gasteiger partial charge in [-0.15, -0.1) is 0 Å². The lowest BCUT2D eigenvalue weighted by Crippen LogP contribution is -1.96. The first kappa shape index (κ1) is 12.2. The second-order valence-electron chi connectivity index (χ2n) is 4.12. The number of aryl methyl sites for hydroxylation is 1. The van der Waals surface area contributed by atoms with Crippen molar-refractivity contribution < 1.29 is 9.15 Å². The second-order valence-corrected chi connectivity index (χ2v) is 4.93. The molecule has 0 amide bonds. The average molecular weight is 319 g/mol. The molecule has 96 valence electrons. The Morgan fingerprint density at radius 1 is 1.16 bits per heavy atom. The van der Waals surface area contributed by atoms with Crippen LogP contribution in [0.2, 0.25) is 0 Å². The predicted molar refractivity (Wildman–Crippen MR) is 75.0 cm³/mol. The van der Waals surface area contributed by atoms with Gasteiger partial charge in [0.05, 0.1) is 0 Å². The van der Waals surface area contributed by atoms with Crippen LogP contribution in [-0.4, -0.2) is 9.97 Å². The maximum absolute atomic E-state index is 5.69. The number of ether oxygens (including phenoxy) is 1. The smallest absolute Gasteiger partial charge is 0.235 e. The zero-order valence-corrected chi connectivity index (χ0v) is 11.8. The van der Waals surface area contributed by atoms with Crippen molar-refractivity contribution in [2.45, 2.75) is 13.5 Å². The molecule has 0 bridgehead atoms. The summed E-state index contributed by atoms with van der Waals surface area (Å²) in [6.07, 6.45) is 0. The highest BCUT2D eigenvalue weighted by Crippen LogP contribution is 2.20. The highest BCUT2D eigenvalue weighted by Gasteiger charge is 2.08. The number of hydrogen-bond donors (Lipinski definition) is 0. The second kappa shape index (κ2) is 5.01. The fraction of sp³-hybridized carbons (Fsp3) is 0.143. The number of nitrogens with zero attached hydrogens (tertiary/aromatic N) is 2. The number of fused-ring (bicyclic) bond motifs is 1. The molecule has 4 nitrogen and oxygen atoms in total. The van der Waals surface area contributed by atoms with E-state index in [0.717, 1.165) is 15.9 Å². The quantitative estimate of drug-likeness (QED) is 0.688. The summed E-state index contributed by atoms with van der Waals surface area (Å²) in [5.74, 6) is 1.35. The van der Waals surface area contributed by atoms with Crippen LogP contribution in [0.4, 0.5) is 0 Å². The van der Waals surface area contributed by atoms with Crippen molar-refractivity contribution in [3.63, 3.8) is 0 Å². The summed E-state index contributed by atoms with van der Waals surface area (Å²) in [6.45, 7) is 2.29. The van der Waals surface area contributed by atoms with E-state index in [4.69, 9.17) is 9.15 Å². The normalized spacial score (nSPS) is 10.8. The molecule has 3 rings (SSSR count). The van der Waals surface area contributed by atoms with Gasteiger partial charge in [-0.25, -0.2) is 4.98 Å². The van der Waals surface area contributed by atoms with E-state index >= 15 is 0 Å². The Kier molecular flexibility index (Phi) is 3.21. The number of pyridine rings is 1. The van der Waals surface area contributed by atoms with E-state index in [1.54, 1.807) is 0 Å². The van der Waals surface area contributed by atoms with E-state index in [-0.39, 0.29) is 0 Å². The van der Waals surface area contributed by atoms with E-state index in [2.05, 4.69) is 25.9 Å². The van der Waals surface area contributed by atoms with Gasteiger partial charge in [-0.2, -0.15) is 4.98 Å². The van der Waals surface area contributed by atoms with Crippen LogP contribution in [0, 0.1) is 6.92 Å². The van der Waals surface area contributed by atoms with Crippen molar-refractivity contribution in [1.82, 2.24) is 9.97 Å². The summed E-state index contributed by atoms with van der Waals surface area (Å²) in [5.41, 5.74) is 2.32. The molecule has 0 atom stereocenters. The monoisotopic (exact) mass is 318 g/mol. The molecule has 0 saturated carbocycles. The minimum absolute atomic E-state index is 0.291. The van der Waals surface area contributed by atoms with Gasteiger partial charge in [0.1, 0.15) is 10.4 Å². The van der Waals surface area contributed by atoms with Crippen LogP contribution in [0.5, 0.6) is 5.75 Å². The van der Waals surface area contributed by atoms with Crippen LogP contribution in [-0.2, 0) is 6.61 Å². The van der Waals surface area contributed by atoms with Crippen LogP contribution in [0.25, 0.3) is 11.2 Å². The average Bonchev–Trinajstić information content (AvgIpc) is 2.79. The number of para-hydroxylation sites is 1. The minimum atomic E-state index is 0.291. The molecule has 0 aliphatic rings. The summed E-state index contributed by atoms with van der Waals surface area (Å²) < 4.78 is 12.0. The highest BCUT2D eigenvalue weighted by atomic mass is 79.9. The third-order valence-electron chi connectivity index (χ3n) is 2.71. The fourth-order valence-electron chi connectivity index (χ4n) is 1.76.